The average Bonchev–Trinajstić information content (AvgIpc) is 3.71. The minimum Gasteiger partial charge on any atom is -0.449 e. The van der Waals surface area contributed by atoms with Crippen molar-refractivity contribution >= 4 is 45.6 Å². The summed E-state index contributed by atoms with van der Waals surface area (Å²) < 4.78 is 54.9. The highest BCUT2D eigenvalue weighted by Crippen LogP contribution is 2.44. The zero-order valence-corrected chi connectivity index (χ0v) is 44.4. The minimum absolute atomic E-state index is 0.0837. The Labute approximate surface area is 439 Å². The SMILES string of the molecule is COCCOCCOCCOCCOCCOCCOCCOCCOCCCc1cc(NC(=O)C(CCCNC(N)=O)NC(=O)C(NC(=O)OCC2c3ccccc3-c3ccccc32)C(C)C)ccc1CBr. The van der Waals surface area contributed by atoms with E-state index in [0.29, 0.717) is 136 Å². The van der Waals surface area contributed by atoms with Gasteiger partial charge in [-0.05, 0) is 77.1 Å². The van der Waals surface area contributed by atoms with E-state index in [4.69, 9.17) is 53.1 Å². The second kappa shape index (κ2) is 37.1. The fraction of sp³-hybridized carbons (Fsp3) is 0.585. The summed E-state index contributed by atoms with van der Waals surface area (Å²) in [6.07, 6.45) is 1.22. The van der Waals surface area contributed by atoms with Gasteiger partial charge in [0.15, 0.2) is 0 Å². The fourth-order valence-corrected chi connectivity index (χ4v) is 8.34. The number of alkyl halides is 1. The summed E-state index contributed by atoms with van der Waals surface area (Å²) in [6.45, 7) is 12.2. The molecule has 0 aliphatic heterocycles. The molecular formula is C53H78BrN5O14. The first kappa shape index (κ1) is 60.8. The van der Waals surface area contributed by atoms with Gasteiger partial charge in [-0.1, -0.05) is 84.4 Å². The molecule has 3 aromatic rings. The lowest BCUT2D eigenvalue weighted by molar-refractivity contribution is -0.128. The van der Waals surface area contributed by atoms with Crippen LogP contribution in [-0.2, 0) is 68.7 Å². The second-order valence-electron chi connectivity index (χ2n) is 17.3. The molecular weight excluding hydrogens is 1010 g/mol. The summed E-state index contributed by atoms with van der Waals surface area (Å²) in [7, 11) is 1.64. The molecule has 2 unspecified atom stereocenters. The zero-order chi connectivity index (χ0) is 52.3. The molecule has 20 heteroatoms. The molecule has 5 amide bonds. The number of amides is 5. The lowest BCUT2D eigenvalue weighted by Crippen LogP contribution is -2.54. The number of fused-ring (bicyclic) bond motifs is 3. The van der Waals surface area contributed by atoms with E-state index >= 15 is 0 Å². The molecule has 19 nitrogen and oxygen atoms in total. The summed E-state index contributed by atoms with van der Waals surface area (Å²) in [5, 5.41) is 11.7. The van der Waals surface area contributed by atoms with Crippen molar-refractivity contribution in [2.75, 3.05) is 138 Å². The van der Waals surface area contributed by atoms with Gasteiger partial charge in [0, 0.05) is 37.2 Å². The van der Waals surface area contributed by atoms with Gasteiger partial charge in [-0.15, -0.1) is 0 Å². The molecule has 0 spiro atoms. The Morgan fingerprint density at radius 1 is 0.603 bits per heavy atom. The Balaban J connectivity index is 1.10. The highest BCUT2D eigenvalue weighted by molar-refractivity contribution is 9.08. The smallest absolute Gasteiger partial charge is 0.407 e. The third-order valence-electron chi connectivity index (χ3n) is 11.6. The first-order chi connectivity index (χ1) is 35.6. The number of benzene rings is 3. The van der Waals surface area contributed by atoms with Crippen molar-refractivity contribution in [3.05, 3.63) is 89.0 Å². The lowest BCUT2D eigenvalue weighted by atomic mass is 9.98. The third-order valence-corrected chi connectivity index (χ3v) is 12.2. The first-order valence-corrected chi connectivity index (χ1v) is 26.3. The summed E-state index contributed by atoms with van der Waals surface area (Å²) in [5.41, 5.74) is 12.3. The van der Waals surface area contributed by atoms with Gasteiger partial charge in [0.2, 0.25) is 11.8 Å². The van der Waals surface area contributed by atoms with Crippen LogP contribution >= 0.6 is 15.9 Å². The lowest BCUT2D eigenvalue weighted by Gasteiger charge is -2.25. The molecule has 0 fully saturated rings. The van der Waals surface area contributed by atoms with Crippen molar-refractivity contribution in [1.82, 2.24) is 16.0 Å². The number of urea groups is 1. The van der Waals surface area contributed by atoms with E-state index in [0.717, 1.165) is 39.8 Å². The van der Waals surface area contributed by atoms with E-state index < -0.39 is 36.0 Å². The molecule has 73 heavy (non-hydrogen) atoms. The van der Waals surface area contributed by atoms with Crippen LogP contribution in [-0.4, -0.2) is 169 Å². The Kier molecular flexibility index (Phi) is 30.9. The number of anilines is 1. The van der Waals surface area contributed by atoms with Crippen LogP contribution in [0, 0.1) is 5.92 Å². The number of nitrogens with two attached hydrogens (primary N) is 1. The topological polar surface area (TPSA) is 235 Å². The third kappa shape index (κ3) is 24.0. The van der Waals surface area contributed by atoms with Crippen LogP contribution in [0.5, 0.6) is 0 Å². The van der Waals surface area contributed by atoms with Crippen molar-refractivity contribution in [2.45, 2.75) is 62.9 Å². The highest BCUT2D eigenvalue weighted by Gasteiger charge is 2.32. The van der Waals surface area contributed by atoms with Crippen LogP contribution in [0.15, 0.2) is 66.7 Å². The van der Waals surface area contributed by atoms with Gasteiger partial charge in [0.25, 0.3) is 0 Å². The van der Waals surface area contributed by atoms with Crippen LogP contribution in [0.2, 0.25) is 0 Å². The number of primary amides is 1. The van der Waals surface area contributed by atoms with E-state index in [9.17, 15) is 19.2 Å². The Morgan fingerprint density at radius 3 is 1.58 bits per heavy atom. The monoisotopic (exact) mass is 1090 g/mol. The molecule has 6 N–H and O–H groups in total. The molecule has 0 aromatic heterocycles. The number of methoxy groups -OCH3 is 1. The molecule has 4 rings (SSSR count). The van der Waals surface area contributed by atoms with Gasteiger partial charge in [0.05, 0.1) is 106 Å². The molecule has 0 heterocycles. The zero-order valence-electron chi connectivity index (χ0n) is 42.8. The Hall–Kier alpha value is -4.74. The van der Waals surface area contributed by atoms with Gasteiger partial charge < -0.3 is 74.4 Å². The standard InChI is InChI=1S/C53H78BrN5O14/c1-39(2)49(59-53(63)73-38-47-45-13-6-4-11-43(45)44-12-5-7-14-46(44)47)51(61)58-48(15-8-18-56-52(55)62)50(60)57-42-17-16-41(37-54)40(36-42)10-9-19-65-22-23-67-26-27-69-30-31-71-34-35-72-33-32-70-29-28-68-25-24-66-21-20-64-3/h4-7,11-14,16-17,36,39,47-49H,8-10,15,18-35,37-38H2,1-3H3,(H,57,60)(H,58,61)(H,59,63)(H3,55,56,62). The quantitative estimate of drug-likeness (QED) is 0.0338. The van der Waals surface area contributed by atoms with Crippen molar-refractivity contribution in [3.8, 4) is 11.1 Å². The van der Waals surface area contributed by atoms with Crippen LogP contribution < -0.4 is 27.0 Å². The summed E-state index contributed by atoms with van der Waals surface area (Å²) in [6, 6.07) is 19.0. The van der Waals surface area contributed by atoms with Gasteiger partial charge in [0.1, 0.15) is 18.7 Å². The van der Waals surface area contributed by atoms with Gasteiger partial charge in [-0.2, -0.15) is 0 Å². The normalized spacial score (nSPS) is 12.8. The first-order valence-electron chi connectivity index (χ1n) is 25.2. The maximum atomic E-state index is 13.9. The predicted octanol–water partition coefficient (Wildman–Crippen LogP) is 5.73. The van der Waals surface area contributed by atoms with E-state index in [1.54, 1.807) is 21.0 Å². The number of hydrogen-bond donors (Lipinski definition) is 5. The number of rotatable bonds is 41. The average molecular weight is 1090 g/mol. The van der Waals surface area contributed by atoms with Crippen molar-refractivity contribution in [1.29, 1.82) is 0 Å². The molecule has 1 aliphatic rings. The minimum atomic E-state index is -1.01. The Morgan fingerprint density at radius 2 is 1.10 bits per heavy atom. The number of hydrogen-bond acceptors (Lipinski definition) is 14. The fourth-order valence-electron chi connectivity index (χ4n) is 7.79. The van der Waals surface area contributed by atoms with Gasteiger partial charge in [-0.3, -0.25) is 9.59 Å². The number of alkyl carbamates (subject to hydrolysis) is 1. The number of carbonyl (C=O) groups excluding carboxylic acids is 4. The maximum Gasteiger partial charge on any atom is 0.407 e. The molecule has 406 valence electrons. The summed E-state index contributed by atoms with van der Waals surface area (Å²) in [5.74, 6) is -1.50. The number of nitrogens with one attached hydrogen (secondary N) is 4. The number of aryl methyl sites for hydroxylation is 1. The van der Waals surface area contributed by atoms with E-state index in [1.807, 2.05) is 54.6 Å². The largest absolute Gasteiger partial charge is 0.449 e. The van der Waals surface area contributed by atoms with Gasteiger partial charge >= 0.3 is 12.1 Å². The number of carbonyl (C=O) groups is 4. The molecule has 0 bridgehead atoms. The van der Waals surface area contributed by atoms with Crippen LogP contribution in [0.3, 0.4) is 0 Å². The van der Waals surface area contributed by atoms with E-state index in [1.165, 1.54) is 0 Å². The van der Waals surface area contributed by atoms with Crippen molar-refractivity contribution in [3.63, 3.8) is 0 Å². The van der Waals surface area contributed by atoms with E-state index in [2.05, 4.69) is 49.3 Å². The molecule has 0 radical (unpaired) electrons. The molecule has 0 saturated heterocycles. The van der Waals surface area contributed by atoms with Crippen LogP contribution in [0.4, 0.5) is 15.3 Å². The molecule has 2 atom stereocenters. The molecule has 1 aliphatic carbocycles. The number of halogens is 1. The van der Waals surface area contributed by atoms with Gasteiger partial charge in [-0.25, -0.2) is 9.59 Å². The maximum absolute atomic E-state index is 13.9. The van der Waals surface area contributed by atoms with Crippen LogP contribution in [0.25, 0.3) is 11.1 Å². The Bertz CT molecular complexity index is 2000. The van der Waals surface area contributed by atoms with Crippen molar-refractivity contribution < 1.29 is 66.5 Å². The van der Waals surface area contributed by atoms with Crippen molar-refractivity contribution in [2.24, 2.45) is 11.7 Å². The molecule has 3 aromatic carbocycles. The predicted molar refractivity (Wildman–Crippen MR) is 280 cm³/mol. The van der Waals surface area contributed by atoms with Crippen LogP contribution in [0.1, 0.15) is 61.3 Å². The number of ether oxygens (including phenoxy) is 10. The second-order valence-corrected chi connectivity index (χ2v) is 17.8. The summed E-state index contributed by atoms with van der Waals surface area (Å²) >= 11 is 3.58. The highest BCUT2D eigenvalue weighted by atomic mass is 79.9. The summed E-state index contributed by atoms with van der Waals surface area (Å²) in [4.78, 5) is 52.3. The molecule has 0 saturated carbocycles. The van der Waals surface area contributed by atoms with E-state index in [-0.39, 0.29) is 31.4 Å².